The Morgan fingerprint density at radius 2 is 2.17 bits per heavy atom. The highest BCUT2D eigenvalue weighted by Crippen LogP contribution is 2.27. The summed E-state index contributed by atoms with van der Waals surface area (Å²) in [6, 6.07) is 12.1. The summed E-state index contributed by atoms with van der Waals surface area (Å²) in [4.78, 5) is 0. The zero-order valence-corrected chi connectivity index (χ0v) is 10.2. The smallest absolute Gasteiger partial charge is 0.0848 e. The monoisotopic (exact) mass is 243 g/mol. The van der Waals surface area contributed by atoms with E-state index in [1.807, 2.05) is 42.5 Å². The van der Waals surface area contributed by atoms with Crippen LogP contribution in [-0.2, 0) is 11.3 Å². The van der Waals surface area contributed by atoms with Crippen LogP contribution in [0.2, 0.25) is 0 Å². The van der Waals surface area contributed by atoms with E-state index in [1.165, 1.54) is 0 Å². The number of nitrogens with zero attached hydrogens (tertiary/aromatic N) is 1. The van der Waals surface area contributed by atoms with E-state index >= 15 is 0 Å². The third-order valence-electron chi connectivity index (χ3n) is 3.22. The number of allylic oxidation sites excluding steroid dienone is 1. The molecule has 1 N–H and O–H groups in total. The van der Waals surface area contributed by atoms with Crippen LogP contribution in [-0.4, -0.2) is 17.8 Å². The van der Waals surface area contributed by atoms with E-state index in [9.17, 15) is 5.11 Å². The van der Waals surface area contributed by atoms with Crippen LogP contribution in [0.3, 0.4) is 0 Å². The Balaban J connectivity index is 1.77. The molecule has 0 fully saturated rings. The highest BCUT2D eigenvalue weighted by atomic mass is 16.5. The minimum Gasteiger partial charge on any atom is -0.390 e. The maximum atomic E-state index is 10.0. The molecule has 0 amide bonds. The van der Waals surface area contributed by atoms with E-state index in [1.54, 1.807) is 0 Å². The second kappa shape index (κ2) is 6.34. The molecule has 0 radical (unpaired) electrons. The van der Waals surface area contributed by atoms with Crippen molar-refractivity contribution in [3.63, 3.8) is 0 Å². The molecule has 0 aromatic heterocycles. The van der Waals surface area contributed by atoms with Gasteiger partial charge in [0.05, 0.1) is 31.3 Å². The van der Waals surface area contributed by atoms with Crippen molar-refractivity contribution in [3.05, 3.63) is 48.0 Å². The Morgan fingerprint density at radius 3 is 2.89 bits per heavy atom. The molecular formula is C15H17NO2. The molecule has 18 heavy (non-hydrogen) atoms. The molecule has 0 heterocycles. The van der Waals surface area contributed by atoms with E-state index in [0.29, 0.717) is 6.61 Å². The van der Waals surface area contributed by atoms with Crippen LogP contribution < -0.4 is 0 Å². The first-order valence-corrected chi connectivity index (χ1v) is 6.17. The molecule has 3 nitrogen and oxygen atoms in total. The summed E-state index contributed by atoms with van der Waals surface area (Å²) in [6.07, 6.45) is 4.01. The number of benzene rings is 1. The molecule has 0 aliphatic heterocycles. The van der Waals surface area contributed by atoms with E-state index in [-0.39, 0.29) is 18.4 Å². The number of ether oxygens (including phenoxy) is 1. The number of aliphatic hydroxyl groups excluding tert-OH is 1. The van der Waals surface area contributed by atoms with Gasteiger partial charge in [0.15, 0.2) is 0 Å². The molecule has 0 bridgehead atoms. The fourth-order valence-corrected chi connectivity index (χ4v) is 2.19. The van der Waals surface area contributed by atoms with Crippen LogP contribution in [0.1, 0.15) is 12.0 Å². The summed E-state index contributed by atoms with van der Waals surface area (Å²) in [5, 5.41) is 18.9. The molecule has 3 atom stereocenters. The number of aliphatic hydroxyl groups is 1. The van der Waals surface area contributed by atoms with E-state index in [4.69, 9.17) is 10.00 Å². The molecular weight excluding hydrogens is 226 g/mol. The molecule has 0 saturated carbocycles. The molecule has 3 heteroatoms. The van der Waals surface area contributed by atoms with Crippen LogP contribution in [0, 0.1) is 23.2 Å². The Kier molecular flexibility index (Phi) is 4.52. The molecule has 94 valence electrons. The highest BCUT2D eigenvalue weighted by molar-refractivity contribution is 5.13. The Labute approximate surface area is 107 Å². The van der Waals surface area contributed by atoms with Gasteiger partial charge in [0.25, 0.3) is 0 Å². The van der Waals surface area contributed by atoms with E-state index < -0.39 is 6.10 Å². The van der Waals surface area contributed by atoms with Crippen molar-refractivity contribution in [2.24, 2.45) is 11.8 Å². The van der Waals surface area contributed by atoms with Gasteiger partial charge in [-0.1, -0.05) is 42.5 Å². The van der Waals surface area contributed by atoms with Crippen LogP contribution >= 0.6 is 0 Å². The standard InChI is InChI=1S/C15H17NO2/c16-9-13-7-4-8-14(13)15(17)11-18-10-12-5-2-1-3-6-12/h1-6,8,13-15,17H,7,10-11H2/t13-,14+,15+/m0/s1. The zero-order chi connectivity index (χ0) is 12.8. The van der Waals surface area contributed by atoms with Gasteiger partial charge in [-0.15, -0.1) is 0 Å². The first kappa shape index (κ1) is 12.8. The number of hydrogen-bond donors (Lipinski definition) is 1. The fourth-order valence-electron chi connectivity index (χ4n) is 2.19. The third kappa shape index (κ3) is 3.19. The number of nitriles is 1. The van der Waals surface area contributed by atoms with Gasteiger partial charge in [-0.05, 0) is 12.0 Å². The lowest BCUT2D eigenvalue weighted by molar-refractivity contribution is 0.00284. The molecule has 0 spiro atoms. The predicted molar refractivity (Wildman–Crippen MR) is 68.5 cm³/mol. The minimum absolute atomic E-state index is 0.0919. The van der Waals surface area contributed by atoms with Gasteiger partial charge in [0.2, 0.25) is 0 Å². The average Bonchev–Trinajstić information content (AvgIpc) is 2.88. The first-order chi connectivity index (χ1) is 8.81. The van der Waals surface area contributed by atoms with Gasteiger partial charge < -0.3 is 9.84 Å². The summed E-state index contributed by atoms with van der Waals surface area (Å²) in [6.45, 7) is 0.758. The van der Waals surface area contributed by atoms with Crippen molar-refractivity contribution in [2.45, 2.75) is 19.1 Å². The molecule has 1 aliphatic carbocycles. The van der Waals surface area contributed by atoms with Crippen molar-refractivity contribution in [1.82, 2.24) is 0 Å². The van der Waals surface area contributed by atoms with Crippen LogP contribution in [0.4, 0.5) is 0 Å². The molecule has 0 unspecified atom stereocenters. The predicted octanol–water partition coefficient (Wildman–Crippen LogP) is 2.28. The summed E-state index contributed by atoms with van der Waals surface area (Å²) < 4.78 is 5.49. The Hall–Kier alpha value is -1.63. The topological polar surface area (TPSA) is 53.2 Å². The maximum Gasteiger partial charge on any atom is 0.0848 e. The van der Waals surface area contributed by atoms with Crippen LogP contribution in [0.25, 0.3) is 0 Å². The largest absolute Gasteiger partial charge is 0.390 e. The van der Waals surface area contributed by atoms with Crippen molar-refractivity contribution < 1.29 is 9.84 Å². The third-order valence-corrected chi connectivity index (χ3v) is 3.22. The number of rotatable bonds is 5. The average molecular weight is 243 g/mol. The lowest BCUT2D eigenvalue weighted by Crippen LogP contribution is -2.27. The quantitative estimate of drug-likeness (QED) is 0.807. The van der Waals surface area contributed by atoms with Crippen LogP contribution in [0.5, 0.6) is 0 Å². The summed E-state index contributed by atoms with van der Waals surface area (Å²) in [5.41, 5.74) is 1.09. The second-order valence-electron chi connectivity index (χ2n) is 4.54. The minimum atomic E-state index is -0.600. The second-order valence-corrected chi connectivity index (χ2v) is 4.54. The van der Waals surface area contributed by atoms with Gasteiger partial charge in [-0.2, -0.15) is 5.26 Å². The normalized spacial score (nSPS) is 23.8. The van der Waals surface area contributed by atoms with Gasteiger partial charge in [-0.25, -0.2) is 0 Å². The van der Waals surface area contributed by atoms with Crippen molar-refractivity contribution >= 4 is 0 Å². The molecule has 1 aromatic rings. The summed E-state index contributed by atoms with van der Waals surface area (Å²) in [5.74, 6) is -0.203. The van der Waals surface area contributed by atoms with Gasteiger partial charge in [-0.3, -0.25) is 0 Å². The molecule has 1 aliphatic rings. The van der Waals surface area contributed by atoms with Gasteiger partial charge in [0.1, 0.15) is 0 Å². The fraction of sp³-hybridized carbons (Fsp3) is 0.400. The summed E-state index contributed by atoms with van der Waals surface area (Å²) in [7, 11) is 0. The SMILES string of the molecule is N#C[C@@H]1CC=C[C@H]1[C@H](O)COCc1ccccc1. The van der Waals surface area contributed by atoms with Gasteiger partial charge >= 0.3 is 0 Å². The van der Waals surface area contributed by atoms with E-state index in [2.05, 4.69) is 6.07 Å². The molecule has 2 rings (SSSR count). The van der Waals surface area contributed by atoms with Gasteiger partial charge in [0, 0.05) is 5.92 Å². The molecule has 1 aromatic carbocycles. The van der Waals surface area contributed by atoms with Crippen LogP contribution in [0.15, 0.2) is 42.5 Å². The number of hydrogen-bond acceptors (Lipinski definition) is 3. The Morgan fingerprint density at radius 1 is 1.39 bits per heavy atom. The lowest BCUT2D eigenvalue weighted by Gasteiger charge is -2.19. The molecule has 0 saturated heterocycles. The van der Waals surface area contributed by atoms with Crippen molar-refractivity contribution in [1.29, 1.82) is 5.26 Å². The van der Waals surface area contributed by atoms with E-state index in [0.717, 1.165) is 12.0 Å². The van der Waals surface area contributed by atoms with Crippen molar-refractivity contribution in [3.8, 4) is 6.07 Å². The first-order valence-electron chi connectivity index (χ1n) is 6.17. The Bertz CT molecular complexity index is 436. The lowest BCUT2D eigenvalue weighted by atomic mass is 9.92. The van der Waals surface area contributed by atoms with Crippen molar-refractivity contribution in [2.75, 3.05) is 6.61 Å². The zero-order valence-electron chi connectivity index (χ0n) is 10.2. The highest BCUT2D eigenvalue weighted by Gasteiger charge is 2.28. The summed E-state index contributed by atoms with van der Waals surface area (Å²) >= 11 is 0. The maximum absolute atomic E-state index is 10.0.